The Balaban J connectivity index is 1.57. The molecule has 0 aliphatic carbocycles. The summed E-state index contributed by atoms with van der Waals surface area (Å²) in [6.07, 6.45) is 1.42. The fraction of sp³-hybridized carbons (Fsp3) is 0.200. The molecule has 0 aromatic heterocycles. The average molecular weight is 628 g/mol. The van der Waals surface area contributed by atoms with Crippen molar-refractivity contribution in [2.45, 2.75) is 26.3 Å². The van der Waals surface area contributed by atoms with Crippen molar-refractivity contribution in [3.05, 3.63) is 93.3 Å². The summed E-state index contributed by atoms with van der Waals surface area (Å²) in [5.74, 6) is -1.46. The third-order valence-corrected chi connectivity index (χ3v) is 8.21. The second kappa shape index (κ2) is 14.0. The molecular formula is C30H28Cl2N4O3S2. The largest absolute Gasteiger partial charge is 0.372 e. The molecule has 3 aromatic rings. The SMILES string of the molecule is CCN(CC)c1ccc(/C=C2\SC(=S)N([C@@H](CC(=O)Nc3ccc(Cl)cc3)C(=O)Nc3ccc(Cl)cc3)C2=O)cc1. The van der Waals surface area contributed by atoms with Gasteiger partial charge >= 0.3 is 0 Å². The molecule has 0 bridgehead atoms. The Hall–Kier alpha value is -3.37. The van der Waals surface area contributed by atoms with Crippen molar-refractivity contribution >= 4 is 92.4 Å². The maximum Gasteiger partial charge on any atom is 0.266 e. The highest BCUT2D eigenvalue weighted by Gasteiger charge is 2.41. The summed E-state index contributed by atoms with van der Waals surface area (Å²) in [5.41, 5.74) is 2.89. The molecule has 3 aromatic carbocycles. The number of hydrogen-bond donors (Lipinski definition) is 2. The summed E-state index contributed by atoms with van der Waals surface area (Å²) in [6.45, 7) is 5.97. The summed E-state index contributed by atoms with van der Waals surface area (Å²) < 4.78 is 0.191. The standard InChI is InChI=1S/C30H28Cl2N4O3S2/c1-3-35(4-2)24-15-5-19(6-16-24)17-26-29(39)36(30(40)41-26)25(28(38)34-23-13-9-21(32)10-14-23)18-27(37)33-22-11-7-20(31)8-12-22/h5-17,25H,3-4,18H2,1-2H3,(H,33,37)(H,34,38)/b26-17-/t25-/m0/s1. The van der Waals surface area contributed by atoms with E-state index in [0.717, 1.165) is 36.1 Å². The van der Waals surface area contributed by atoms with E-state index in [1.54, 1.807) is 54.6 Å². The molecule has 1 atom stereocenters. The lowest BCUT2D eigenvalue weighted by Crippen LogP contribution is -2.48. The summed E-state index contributed by atoms with van der Waals surface area (Å²) in [5, 5.41) is 6.56. The maximum atomic E-state index is 13.6. The van der Waals surface area contributed by atoms with Crippen LogP contribution in [0, 0.1) is 0 Å². The Labute approximate surface area is 258 Å². The molecule has 4 rings (SSSR count). The highest BCUT2D eigenvalue weighted by Crippen LogP contribution is 2.35. The zero-order valence-corrected chi connectivity index (χ0v) is 25.5. The number of benzene rings is 3. The van der Waals surface area contributed by atoms with Crippen LogP contribution >= 0.6 is 47.2 Å². The smallest absolute Gasteiger partial charge is 0.266 e. The van der Waals surface area contributed by atoms with E-state index in [0.29, 0.717) is 26.3 Å². The van der Waals surface area contributed by atoms with Crippen molar-refractivity contribution in [1.29, 1.82) is 0 Å². The molecule has 0 unspecified atom stereocenters. The van der Waals surface area contributed by atoms with Crippen LogP contribution in [0.5, 0.6) is 0 Å². The number of hydrogen-bond acceptors (Lipinski definition) is 6. The van der Waals surface area contributed by atoms with Gasteiger partial charge in [0.2, 0.25) is 11.8 Å². The van der Waals surface area contributed by atoms with Crippen molar-refractivity contribution in [2.75, 3.05) is 28.6 Å². The third kappa shape index (κ3) is 7.89. The van der Waals surface area contributed by atoms with Crippen molar-refractivity contribution in [1.82, 2.24) is 4.90 Å². The molecule has 1 aliphatic rings. The Morgan fingerprint density at radius 3 is 1.98 bits per heavy atom. The lowest BCUT2D eigenvalue weighted by atomic mass is 10.1. The van der Waals surface area contributed by atoms with E-state index in [1.807, 2.05) is 24.3 Å². The number of nitrogens with one attached hydrogen (secondary N) is 2. The fourth-order valence-corrected chi connectivity index (χ4v) is 5.86. The Bertz CT molecular complexity index is 1460. The lowest BCUT2D eigenvalue weighted by molar-refractivity contribution is -0.132. The van der Waals surface area contributed by atoms with E-state index in [1.165, 1.54) is 4.90 Å². The Morgan fingerprint density at radius 1 is 0.902 bits per heavy atom. The van der Waals surface area contributed by atoms with Crippen molar-refractivity contribution < 1.29 is 14.4 Å². The van der Waals surface area contributed by atoms with Gasteiger partial charge in [-0.2, -0.15) is 0 Å². The number of halogens is 2. The highest BCUT2D eigenvalue weighted by atomic mass is 35.5. The van der Waals surface area contributed by atoms with Crippen LogP contribution in [0.4, 0.5) is 17.1 Å². The van der Waals surface area contributed by atoms with Crippen molar-refractivity contribution in [3.63, 3.8) is 0 Å². The molecule has 0 radical (unpaired) electrons. The van der Waals surface area contributed by atoms with Gasteiger partial charge < -0.3 is 15.5 Å². The van der Waals surface area contributed by atoms with Gasteiger partial charge in [0, 0.05) is 40.2 Å². The number of anilines is 3. The molecule has 1 fully saturated rings. The van der Waals surface area contributed by atoms with Gasteiger partial charge in [0.25, 0.3) is 5.91 Å². The number of carbonyl (C=O) groups is 3. The molecule has 0 spiro atoms. The molecule has 11 heteroatoms. The first-order chi connectivity index (χ1) is 19.7. The van der Waals surface area contributed by atoms with Gasteiger partial charge in [-0.15, -0.1) is 0 Å². The normalized spacial score (nSPS) is 14.7. The van der Waals surface area contributed by atoms with Gasteiger partial charge in [-0.05, 0) is 86.2 Å². The van der Waals surface area contributed by atoms with Crippen LogP contribution in [0.1, 0.15) is 25.8 Å². The molecule has 41 heavy (non-hydrogen) atoms. The quantitative estimate of drug-likeness (QED) is 0.185. The second-order valence-corrected chi connectivity index (χ2v) is 11.6. The number of nitrogens with zero attached hydrogens (tertiary/aromatic N) is 2. The molecule has 0 saturated carbocycles. The number of rotatable bonds is 10. The zero-order chi connectivity index (χ0) is 29.5. The van der Waals surface area contributed by atoms with Crippen LogP contribution in [-0.4, -0.2) is 46.1 Å². The predicted molar refractivity (Wildman–Crippen MR) is 174 cm³/mol. The summed E-state index contributed by atoms with van der Waals surface area (Å²) >= 11 is 18.6. The van der Waals surface area contributed by atoms with Gasteiger partial charge in [0.05, 0.1) is 11.3 Å². The number of thioether (sulfide) groups is 1. The minimum absolute atomic E-state index is 0.191. The van der Waals surface area contributed by atoms with Gasteiger partial charge in [0.15, 0.2) is 0 Å². The first-order valence-corrected chi connectivity index (χ1v) is 14.9. The van der Waals surface area contributed by atoms with Crippen LogP contribution in [0.25, 0.3) is 6.08 Å². The van der Waals surface area contributed by atoms with Crippen molar-refractivity contribution in [2.24, 2.45) is 0 Å². The maximum absolute atomic E-state index is 13.6. The molecule has 3 amide bonds. The van der Waals surface area contributed by atoms with Gasteiger partial charge in [0.1, 0.15) is 10.4 Å². The molecule has 1 saturated heterocycles. The first-order valence-electron chi connectivity index (χ1n) is 12.9. The molecule has 1 aliphatic heterocycles. The average Bonchev–Trinajstić information content (AvgIpc) is 3.23. The first kappa shape index (κ1) is 30.6. The minimum Gasteiger partial charge on any atom is -0.372 e. The van der Waals surface area contributed by atoms with Gasteiger partial charge in [-0.25, -0.2) is 0 Å². The number of carbonyl (C=O) groups excluding carboxylic acids is 3. The highest BCUT2D eigenvalue weighted by molar-refractivity contribution is 8.26. The zero-order valence-electron chi connectivity index (χ0n) is 22.4. The topological polar surface area (TPSA) is 81.8 Å². The van der Waals surface area contributed by atoms with Crippen LogP contribution in [0.2, 0.25) is 10.0 Å². The van der Waals surface area contributed by atoms with Crippen LogP contribution < -0.4 is 15.5 Å². The molecule has 2 N–H and O–H groups in total. The second-order valence-electron chi connectivity index (χ2n) is 9.09. The van der Waals surface area contributed by atoms with Crippen LogP contribution in [0.15, 0.2) is 77.7 Å². The van der Waals surface area contributed by atoms with Crippen LogP contribution in [-0.2, 0) is 14.4 Å². The molecule has 7 nitrogen and oxygen atoms in total. The van der Waals surface area contributed by atoms with E-state index in [-0.39, 0.29) is 10.7 Å². The Morgan fingerprint density at radius 2 is 1.44 bits per heavy atom. The van der Waals surface area contributed by atoms with Crippen LogP contribution in [0.3, 0.4) is 0 Å². The number of thiocarbonyl (C=S) groups is 1. The van der Waals surface area contributed by atoms with E-state index in [4.69, 9.17) is 35.4 Å². The minimum atomic E-state index is -1.19. The van der Waals surface area contributed by atoms with E-state index in [2.05, 4.69) is 29.4 Å². The third-order valence-electron chi connectivity index (χ3n) is 6.38. The fourth-order valence-electron chi connectivity index (χ4n) is 4.25. The Kier molecular flexibility index (Phi) is 10.4. The summed E-state index contributed by atoms with van der Waals surface area (Å²) in [6, 6.07) is 19.8. The van der Waals surface area contributed by atoms with Gasteiger partial charge in [-0.3, -0.25) is 19.3 Å². The predicted octanol–water partition coefficient (Wildman–Crippen LogP) is 7.08. The van der Waals surface area contributed by atoms with Crippen molar-refractivity contribution in [3.8, 4) is 0 Å². The lowest BCUT2D eigenvalue weighted by Gasteiger charge is -2.25. The summed E-state index contributed by atoms with van der Waals surface area (Å²) in [7, 11) is 0. The molecular weight excluding hydrogens is 599 g/mol. The van der Waals surface area contributed by atoms with E-state index in [9.17, 15) is 14.4 Å². The molecule has 1 heterocycles. The van der Waals surface area contributed by atoms with E-state index >= 15 is 0 Å². The van der Waals surface area contributed by atoms with Gasteiger partial charge in [-0.1, -0.05) is 59.3 Å². The van der Waals surface area contributed by atoms with E-state index < -0.39 is 23.8 Å². The monoisotopic (exact) mass is 626 g/mol. The summed E-state index contributed by atoms with van der Waals surface area (Å²) in [4.78, 5) is 44.0. The molecule has 212 valence electrons. The number of amides is 3.